The third kappa shape index (κ3) is 1.10. The number of rotatable bonds is 2. The van der Waals surface area contributed by atoms with Gasteiger partial charge in [-0.3, -0.25) is 19.2 Å². The zero-order valence-corrected chi connectivity index (χ0v) is 16.1. The summed E-state index contributed by atoms with van der Waals surface area (Å²) in [5.41, 5.74) is -1.90. The largest absolute Gasteiger partial charge is 0.469 e. The summed E-state index contributed by atoms with van der Waals surface area (Å²) < 4.78 is 10.8. The first-order valence-electron chi connectivity index (χ1n) is 10.7. The van der Waals surface area contributed by atoms with E-state index in [-0.39, 0.29) is 82.7 Å². The number of ether oxygens (including phenoxy) is 2. The molecule has 12 atom stereocenters. The van der Waals surface area contributed by atoms with Gasteiger partial charge in [-0.05, 0) is 60.2 Å². The number of Topliss-reactive ketones (excluding diaryl/α,β-unsaturated/α-hetero) is 2. The summed E-state index contributed by atoms with van der Waals surface area (Å²) in [6.07, 6.45) is 2.72. The van der Waals surface area contributed by atoms with Crippen molar-refractivity contribution in [3.63, 3.8) is 0 Å². The molecule has 0 radical (unpaired) electrons. The monoisotopic (exact) mass is 384 g/mol. The molecule has 0 aromatic carbocycles. The van der Waals surface area contributed by atoms with Gasteiger partial charge in [-0.25, -0.2) is 0 Å². The van der Waals surface area contributed by atoms with Crippen molar-refractivity contribution in [1.29, 1.82) is 0 Å². The fourth-order valence-electron chi connectivity index (χ4n) is 11.2. The van der Waals surface area contributed by atoms with Crippen LogP contribution in [0.15, 0.2) is 0 Å². The molecular weight excluding hydrogens is 360 g/mol. The quantitative estimate of drug-likeness (QED) is 0.666. The van der Waals surface area contributed by atoms with Crippen LogP contribution >= 0.6 is 0 Å². The van der Waals surface area contributed by atoms with Crippen molar-refractivity contribution in [3.05, 3.63) is 0 Å². The van der Waals surface area contributed by atoms with Gasteiger partial charge >= 0.3 is 11.9 Å². The zero-order chi connectivity index (χ0) is 19.3. The number of fused-ring (bicyclic) bond motifs is 2. The normalized spacial score (nSPS) is 60.6. The smallest absolute Gasteiger partial charge is 0.313 e. The molecule has 8 saturated carbocycles. The highest BCUT2D eigenvalue weighted by atomic mass is 16.5. The van der Waals surface area contributed by atoms with Gasteiger partial charge in [0.2, 0.25) is 0 Å². The molecule has 8 aliphatic rings. The number of hydrogen-bond donors (Lipinski definition) is 0. The van der Waals surface area contributed by atoms with Crippen LogP contribution in [0.4, 0.5) is 0 Å². The summed E-state index contributed by atoms with van der Waals surface area (Å²) in [5.74, 6) is 0.253. The van der Waals surface area contributed by atoms with Crippen LogP contribution in [0.1, 0.15) is 25.7 Å². The van der Waals surface area contributed by atoms with Crippen molar-refractivity contribution in [1.82, 2.24) is 0 Å². The first-order valence-corrected chi connectivity index (χ1v) is 10.7. The minimum absolute atomic E-state index is 0.00102. The molecule has 0 amide bonds. The van der Waals surface area contributed by atoms with Gasteiger partial charge < -0.3 is 9.47 Å². The maximum atomic E-state index is 13.6. The third-order valence-corrected chi connectivity index (χ3v) is 10.7. The van der Waals surface area contributed by atoms with Crippen molar-refractivity contribution in [3.8, 4) is 0 Å². The van der Waals surface area contributed by atoms with Crippen molar-refractivity contribution < 1.29 is 28.7 Å². The third-order valence-electron chi connectivity index (χ3n) is 10.7. The average Bonchev–Trinajstić information content (AvgIpc) is 3.49. The lowest BCUT2D eigenvalue weighted by atomic mass is 9.43. The van der Waals surface area contributed by atoms with E-state index in [1.807, 2.05) is 0 Å². The molecule has 6 nitrogen and oxygen atoms in total. The number of hydrogen-bond acceptors (Lipinski definition) is 6. The van der Waals surface area contributed by atoms with E-state index in [2.05, 4.69) is 0 Å². The van der Waals surface area contributed by atoms with Crippen LogP contribution < -0.4 is 0 Å². The Labute approximate surface area is 162 Å². The second kappa shape index (κ2) is 4.39. The van der Waals surface area contributed by atoms with Crippen molar-refractivity contribution in [2.75, 3.05) is 14.2 Å². The molecular formula is C22H24O6. The lowest BCUT2D eigenvalue weighted by molar-refractivity contribution is -0.208. The van der Waals surface area contributed by atoms with Crippen LogP contribution in [0.3, 0.4) is 0 Å². The molecule has 0 heterocycles. The fraction of sp³-hybridized carbons (Fsp3) is 0.818. The van der Waals surface area contributed by atoms with Gasteiger partial charge in [-0.15, -0.1) is 0 Å². The molecule has 0 spiro atoms. The van der Waals surface area contributed by atoms with E-state index < -0.39 is 10.8 Å². The van der Waals surface area contributed by atoms with Crippen molar-refractivity contribution in [2.24, 2.45) is 70.0 Å². The first-order chi connectivity index (χ1) is 13.5. The van der Waals surface area contributed by atoms with Crippen molar-refractivity contribution >= 4 is 23.5 Å². The Morgan fingerprint density at radius 1 is 0.750 bits per heavy atom. The minimum Gasteiger partial charge on any atom is -0.469 e. The lowest BCUT2D eigenvalue weighted by Gasteiger charge is -2.57. The molecule has 0 saturated heterocycles. The fourth-order valence-corrected chi connectivity index (χ4v) is 11.2. The predicted molar refractivity (Wildman–Crippen MR) is 92.3 cm³/mol. The molecule has 0 unspecified atom stereocenters. The molecule has 0 aromatic rings. The Balaban J connectivity index is 1.55. The number of methoxy groups -OCH3 is 2. The molecule has 0 N–H and O–H groups in total. The van der Waals surface area contributed by atoms with Crippen LogP contribution in [-0.2, 0) is 28.7 Å². The Hall–Kier alpha value is -1.72. The van der Waals surface area contributed by atoms with E-state index in [0.29, 0.717) is 12.8 Å². The summed E-state index contributed by atoms with van der Waals surface area (Å²) in [5, 5.41) is 0. The second-order valence-corrected chi connectivity index (χ2v) is 10.4. The highest BCUT2D eigenvalue weighted by molar-refractivity contribution is 5.99. The van der Waals surface area contributed by atoms with Gasteiger partial charge in [0.15, 0.2) is 0 Å². The minimum atomic E-state index is -0.952. The Kier molecular flexibility index (Phi) is 2.53. The van der Waals surface area contributed by atoms with Crippen LogP contribution in [0.2, 0.25) is 0 Å². The van der Waals surface area contributed by atoms with Crippen LogP contribution in [0.25, 0.3) is 0 Å². The maximum Gasteiger partial charge on any atom is 0.313 e. The van der Waals surface area contributed by atoms with Crippen LogP contribution in [0.5, 0.6) is 0 Å². The first kappa shape index (κ1) is 16.1. The SMILES string of the molecule is COC(=O)[C@]12[C@@H]3[C@H]4C(=O)CC[C@H]4[C@H]4[C@H]3[C@H]3[C@@H]1[C@H]1CCC(=O)[C@@H]1[C@@H]3[C@@]42C(=O)OC. The number of carbonyl (C=O) groups excluding carboxylic acids is 4. The molecule has 8 aliphatic carbocycles. The average molecular weight is 384 g/mol. The molecule has 0 aliphatic heterocycles. The zero-order valence-electron chi connectivity index (χ0n) is 16.1. The Morgan fingerprint density at radius 3 is 1.50 bits per heavy atom. The molecule has 6 heteroatoms. The van der Waals surface area contributed by atoms with Gasteiger partial charge in [0, 0.05) is 24.7 Å². The molecule has 8 bridgehead atoms. The van der Waals surface area contributed by atoms with Crippen molar-refractivity contribution in [2.45, 2.75) is 25.7 Å². The second-order valence-electron chi connectivity index (χ2n) is 10.4. The highest BCUT2D eigenvalue weighted by Gasteiger charge is 3.01. The molecule has 8 fully saturated rings. The standard InChI is InChI=1S/C22H24O6/c1-27-19(25)21-15-7-3-5-10(24)12(7)18-13(15)14-16(22(18,21)20(26)28-2)8-4-6-9(23)11(8)17(14)21/h7-8,11-18H,3-6H2,1-2H3/t7-,8+,11-,12-,13-,14+,15+,16+,17+,18-,21-,22-/m1/s1. The summed E-state index contributed by atoms with van der Waals surface area (Å²) in [7, 11) is 2.80. The van der Waals surface area contributed by atoms with E-state index >= 15 is 0 Å². The number of esters is 2. The molecule has 0 aromatic heterocycles. The van der Waals surface area contributed by atoms with Crippen LogP contribution in [0, 0.1) is 70.0 Å². The Morgan fingerprint density at radius 2 is 1.14 bits per heavy atom. The molecule has 148 valence electrons. The molecule has 28 heavy (non-hydrogen) atoms. The highest BCUT2D eigenvalue weighted by Crippen LogP contribution is 2.97. The summed E-state index contributed by atoms with van der Waals surface area (Å²) in [6.45, 7) is 0. The number of ketones is 2. The van der Waals surface area contributed by atoms with Gasteiger partial charge in [-0.1, -0.05) is 0 Å². The summed E-state index contributed by atoms with van der Waals surface area (Å²) in [6, 6.07) is 0. The lowest BCUT2D eigenvalue weighted by Crippen LogP contribution is -2.66. The van der Waals surface area contributed by atoms with E-state index in [9.17, 15) is 19.2 Å². The van der Waals surface area contributed by atoms with Gasteiger partial charge in [0.25, 0.3) is 0 Å². The summed E-state index contributed by atoms with van der Waals surface area (Å²) in [4.78, 5) is 52.8. The van der Waals surface area contributed by atoms with Gasteiger partial charge in [0.1, 0.15) is 11.6 Å². The van der Waals surface area contributed by atoms with E-state index in [1.165, 1.54) is 14.2 Å². The van der Waals surface area contributed by atoms with E-state index in [4.69, 9.17) is 9.47 Å². The molecule has 8 rings (SSSR count). The number of carbonyl (C=O) groups is 4. The maximum absolute atomic E-state index is 13.6. The Bertz CT molecular complexity index is 821. The topological polar surface area (TPSA) is 86.7 Å². The van der Waals surface area contributed by atoms with Gasteiger partial charge in [-0.2, -0.15) is 0 Å². The van der Waals surface area contributed by atoms with Crippen LogP contribution in [-0.4, -0.2) is 37.7 Å². The predicted octanol–water partition coefficient (Wildman–Crippen LogP) is 1.26. The van der Waals surface area contributed by atoms with Gasteiger partial charge in [0.05, 0.1) is 25.0 Å². The van der Waals surface area contributed by atoms with E-state index in [0.717, 1.165) is 12.8 Å². The summed E-state index contributed by atoms with van der Waals surface area (Å²) >= 11 is 0. The van der Waals surface area contributed by atoms with E-state index in [1.54, 1.807) is 0 Å².